The van der Waals surface area contributed by atoms with E-state index in [1.165, 1.54) is 18.2 Å². The van der Waals surface area contributed by atoms with Gasteiger partial charge in [0.2, 0.25) is 0 Å². The highest BCUT2D eigenvalue weighted by Crippen LogP contribution is 2.45. The standard InChI is InChI=1S/C27H37F3O3/c1-10-32-23(31)15-18(3)13-12-14-21(27(28,29)30)20-16-19(25(4,5)6)17-22(26(7,8)9)24(20)33-11-2/h12-17H,10-11H2,1-9H3. The third-order valence-electron chi connectivity index (χ3n) is 4.90. The number of allylic oxidation sites excluding steroid dienone is 5. The summed E-state index contributed by atoms with van der Waals surface area (Å²) in [6.45, 7) is 17.3. The zero-order valence-corrected chi connectivity index (χ0v) is 21.2. The molecule has 33 heavy (non-hydrogen) atoms. The van der Waals surface area contributed by atoms with Gasteiger partial charge in [0.25, 0.3) is 0 Å². The molecular weight excluding hydrogens is 429 g/mol. The zero-order valence-electron chi connectivity index (χ0n) is 21.2. The number of carbonyl (C=O) groups is 1. The van der Waals surface area contributed by atoms with Crippen molar-refractivity contribution in [2.75, 3.05) is 13.2 Å². The van der Waals surface area contributed by atoms with E-state index in [4.69, 9.17) is 9.47 Å². The molecule has 0 aliphatic carbocycles. The number of halogens is 3. The van der Waals surface area contributed by atoms with Gasteiger partial charge in [-0.15, -0.1) is 0 Å². The van der Waals surface area contributed by atoms with Gasteiger partial charge in [-0.1, -0.05) is 59.8 Å². The van der Waals surface area contributed by atoms with Crippen LogP contribution >= 0.6 is 0 Å². The normalized spacial score (nSPS) is 14.1. The van der Waals surface area contributed by atoms with Gasteiger partial charge < -0.3 is 9.47 Å². The van der Waals surface area contributed by atoms with Crippen LogP contribution < -0.4 is 4.74 Å². The number of alkyl halides is 3. The van der Waals surface area contributed by atoms with Crippen molar-refractivity contribution < 1.29 is 27.4 Å². The monoisotopic (exact) mass is 466 g/mol. The molecule has 184 valence electrons. The quantitative estimate of drug-likeness (QED) is 0.235. The molecule has 0 atom stereocenters. The first kappa shape index (κ1) is 28.5. The molecule has 0 amide bonds. The third kappa shape index (κ3) is 8.41. The topological polar surface area (TPSA) is 35.5 Å². The molecule has 0 radical (unpaired) electrons. The molecule has 1 aromatic rings. The van der Waals surface area contributed by atoms with Crippen LogP contribution in [0.25, 0.3) is 5.57 Å². The van der Waals surface area contributed by atoms with E-state index in [1.54, 1.807) is 26.8 Å². The Morgan fingerprint density at radius 1 is 0.970 bits per heavy atom. The summed E-state index contributed by atoms with van der Waals surface area (Å²) < 4.78 is 53.5. The first-order chi connectivity index (χ1) is 15.0. The molecule has 0 aliphatic heterocycles. The maximum atomic E-state index is 14.3. The summed E-state index contributed by atoms with van der Waals surface area (Å²) in [7, 11) is 0. The van der Waals surface area contributed by atoms with Gasteiger partial charge in [0, 0.05) is 17.2 Å². The molecule has 0 aromatic heterocycles. The Morgan fingerprint density at radius 2 is 1.58 bits per heavy atom. The molecule has 0 N–H and O–H groups in total. The van der Waals surface area contributed by atoms with Crippen molar-refractivity contribution >= 4 is 11.5 Å². The number of benzene rings is 1. The minimum atomic E-state index is -4.61. The lowest BCUT2D eigenvalue weighted by Gasteiger charge is -2.30. The molecule has 1 rings (SSSR count). The molecule has 0 saturated heterocycles. The van der Waals surface area contributed by atoms with E-state index in [2.05, 4.69) is 0 Å². The second kappa shape index (κ2) is 11.1. The highest BCUT2D eigenvalue weighted by Gasteiger charge is 2.38. The van der Waals surface area contributed by atoms with Crippen molar-refractivity contribution in [2.24, 2.45) is 0 Å². The molecule has 0 aliphatic rings. The van der Waals surface area contributed by atoms with E-state index in [1.807, 2.05) is 47.6 Å². The van der Waals surface area contributed by atoms with Crippen LogP contribution in [-0.2, 0) is 20.4 Å². The predicted octanol–water partition coefficient (Wildman–Crippen LogP) is 7.69. The Bertz CT molecular complexity index is 922. The van der Waals surface area contributed by atoms with Gasteiger partial charge in [0.1, 0.15) is 5.75 Å². The highest BCUT2D eigenvalue weighted by molar-refractivity contribution is 5.83. The molecule has 1 aromatic carbocycles. The molecule has 0 heterocycles. The Hall–Kier alpha value is -2.50. The van der Waals surface area contributed by atoms with E-state index < -0.39 is 23.1 Å². The molecule has 0 unspecified atom stereocenters. The van der Waals surface area contributed by atoms with Crippen molar-refractivity contribution in [3.05, 3.63) is 58.7 Å². The van der Waals surface area contributed by atoms with Crippen LogP contribution in [0.15, 0.2) is 42.0 Å². The lowest BCUT2D eigenvalue weighted by atomic mass is 9.78. The largest absolute Gasteiger partial charge is 0.493 e. The zero-order chi connectivity index (χ0) is 25.6. The van der Waals surface area contributed by atoms with Crippen molar-refractivity contribution in [2.45, 2.75) is 79.3 Å². The van der Waals surface area contributed by atoms with Crippen molar-refractivity contribution in [1.29, 1.82) is 0 Å². The smallest absolute Gasteiger partial charge is 0.417 e. The van der Waals surface area contributed by atoms with Gasteiger partial charge in [-0.3, -0.25) is 0 Å². The second-order valence-corrected chi connectivity index (χ2v) is 9.91. The highest BCUT2D eigenvalue weighted by atomic mass is 19.4. The average molecular weight is 467 g/mol. The van der Waals surface area contributed by atoms with Crippen LogP contribution in [0.1, 0.15) is 79.0 Å². The van der Waals surface area contributed by atoms with Crippen LogP contribution in [0.5, 0.6) is 5.75 Å². The number of ether oxygens (including phenoxy) is 2. The van der Waals surface area contributed by atoms with E-state index >= 15 is 0 Å². The van der Waals surface area contributed by atoms with Crippen LogP contribution in [0.4, 0.5) is 13.2 Å². The second-order valence-electron chi connectivity index (χ2n) is 9.91. The van der Waals surface area contributed by atoms with E-state index in [-0.39, 0.29) is 29.9 Å². The number of carbonyl (C=O) groups excluding carboxylic acids is 1. The number of rotatable bonds is 7. The lowest BCUT2D eigenvalue weighted by molar-refractivity contribution is -0.137. The number of hydrogen-bond donors (Lipinski definition) is 0. The van der Waals surface area contributed by atoms with Crippen LogP contribution in [0.2, 0.25) is 0 Å². The maximum Gasteiger partial charge on any atom is 0.417 e. The maximum absolute atomic E-state index is 14.3. The lowest BCUT2D eigenvalue weighted by Crippen LogP contribution is -2.21. The summed E-state index contributed by atoms with van der Waals surface area (Å²) in [6, 6.07) is 3.53. The van der Waals surface area contributed by atoms with Crippen molar-refractivity contribution in [3.8, 4) is 5.75 Å². The van der Waals surface area contributed by atoms with Crippen LogP contribution in [0.3, 0.4) is 0 Å². The average Bonchev–Trinajstić information content (AvgIpc) is 2.63. The summed E-state index contributed by atoms with van der Waals surface area (Å²) in [5.41, 5.74) is 0.431. The Morgan fingerprint density at radius 3 is 2.03 bits per heavy atom. The summed E-state index contributed by atoms with van der Waals surface area (Å²) in [6.07, 6.45) is 0.399. The first-order valence-corrected chi connectivity index (χ1v) is 11.1. The molecular formula is C27H37F3O3. The van der Waals surface area contributed by atoms with E-state index in [9.17, 15) is 18.0 Å². The summed E-state index contributed by atoms with van der Waals surface area (Å²) in [5, 5.41) is 0. The molecule has 6 heteroatoms. The van der Waals surface area contributed by atoms with Gasteiger partial charge in [0.15, 0.2) is 0 Å². The third-order valence-corrected chi connectivity index (χ3v) is 4.90. The van der Waals surface area contributed by atoms with Crippen LogP contribution in [-0.4, -0.2) is 25.4 Å². The van der Waals surface area contributed by atoms with Crippen LogP contribution in [0, 0.1) is 0 Å². The number of esters is 1. The fourth-order valence-electron chi connectivity index (χ4n) is 3.17. The Labute approximate surface area is 196 Å². The first-order valence-electron chi connectivity index (χ1n) is 11.1. The minimum Gasteiger partial charge on any atom is -0.493 e. The SMILES string of the molecule is CCOC(=O)C=C(C)C=CC=C(c1cc(C(C)(C)C)cc(C(C)(C)C)c1OCC)C(F)(F)F. The van der Waals surface area contributed by atoms with E-state index in [0.29, 0.717) is 5.57 Å². The Kier molecular flexibility index (Phi) is 9.58. The predicted molar refractivity (Wildman–Crippen MR) is 129 cm³/mol. The summed E-state index contributed by atoms with van der Waals surface area (Å²) >= 11 is 0. The van der Waals surface area contributed by atoms with Gasteiger partial charge in [0.05, 0.1) is 18.8 Å². The van der Waals surface area contributed by atoms with Crippen molar-refractivity contribution in [3.63, 3.8) is 0 Å². The minimum absolute atomic E-state index is 0.0124. The van der Waals surface area contributed by atoms with Gasteiger partial charge in [-0.2, -0.15) is 13.2 Å². The van der Waals surface area contributed by atoms with Gasteiger partial charge >= 0.3 is 12.1 Å². The van der Waals surface area contributed by atoms with Gasteiger partial charge in [-0.05, 0) is 54.9 Å². The van der Waals surface area contributed by atoms with E-state index in [0.717, 1.165) is 17.2 Å². The molecule has 0 fully saturated rings. The number of hydrogen-bond acceptors (Lipinski definition) is 3. The molecule has 3 nitrogen and oxygen atoms in total. The molecule has 0 spiro atoms. The van der Waals surface area contributed by atoms with Crippen molar-refractivity contribution in [1.82, 2.24) is 0 Å². The fourth-order valence-corrected chi connectivity index (χ4v) is 3.17. The Balaban J connectivity index is 3.80. The summed E-state index contributed by atoms with van der Waals surface area (Å²) in [5.74, 6) is -0.292. The molecule has 0 bridgehead atoms. The summed E-state index contributed by atoms with van der Waals surface area (Å²) in [4.78, 5) is 11.6. The fraction of sp³-hybridized carbons (Fsp3) is 0.519. The molecule has 0 saturated carbocycles. The van der Waals surface area contributed by atoms with Gasteiger partial charge in [-0.25, -0.2) is 4.79 Å².